The van der Waals surface area contributed by atoms with Crippen LogP contribution in [0.1, 0.15) is 62.5 Å². The van der Waals surface area contributed by atoms with Gasteiger partial charge >= 0.3 is 0 Å². The van der Waals surface area contributed by atoms with Crippen LogP contribution in [-0.2, 0) is 7.05 Å². The van der Waals surface area contributed by atoms with Crippen LogP contribution >= 0.6 is 35.3 Å². The fraction of sp³-hybridized carbons (Fsp3) is 0.234. The SMILES string of the molecule is C[n+]1ccccc1Sc1ccc(OCC(Sc2ccc(OCCCCCCOc3ccc(-c4ccc(C#N)cc4)cc3)cc2)Sc2ccc(OCCCCCCOc3ccc(-c4ccc(C#N)cc4)cc3)cc2)cc1. The van der Waals surface area contributed by atoms with Crippen molar-refractivity contribution in [3.05, 3.63) is 205 Å². The van der Waals surface area contributed by atoms with E-state index in [0.29, 0.717) is 44.2 Å². The molecule has 0 atom stereocenters. The molecule has 7 aromatic carbocycles. The second-order valence-electron chi connectivity index (χ2n) is 17.8. The van der Waals surface area contributed by atoms with E-state index in [1.807, 2.05) is 78.9 Å². The Bertz CT molecular complexity index is 2870. The molecule has 0 N–H and O–H groups in total. The lowest BCUT2D eigenvalue weighted by Crippen LogP contribution is -2.29. The molecule has 11 heteroatoms. The number of aryl methyl sites for hydroxylation is 1. The molecule has 8 aromatic rings. The van der Waals surface area contributed by atoms with Gasteiger partial charge in [-0.2, -0.15) is 15.1 Å². The summed E-state index contributed by atoms with van der Waals surface area (Å²) in [5.41, 5.74) is 5.69. The second kappa shape index (κ2) is 29.6. The Hall–Kier alpha value is -7.28. The summed E-state index contributed by atoms with van der Waals surface area (Å²) in [5, 5.41) is 19.3. The molecule has 8 nitrogen and oxygen atoms in total. The van der Waals surface area contributed by atoms with E-state index >= 15 is 0 Å². The van der Waals surface area contributed by atoms with Crippen LogP contribution < -0.4 is 28.3 Å². The molecular formula is C64H62N3O5S3+. The van der Waals surface area contributed by atoms with Crippen molar-refractivity contribution in [2.24, 2.45) is 7.05 Å². The number of benzene rings is 7. The van der Waals surface area contributed by atoms with Gasteiger partial charge in [0.05, 0.1) is 54.3 Å². The van der Waals surface area contributed by atoms with Crippen molar-refractivity contribution in [2.45, 2.75) is 75.7 Å². The van der Waals surface area contributed by atoms with Crippen molar-refractivity contribution in [3.63, 3.8) is 0 Å². The van der Waals surface area contributed by atoms with Crippen molar-refractivity contribution in [2.75, 3.05) is 33.0 Å². The number of pyridine rings is 1. The van der Waals surface area contributed by atoms with Crippen LogP contribution in [0, 0.1) is 22.7 Å². The van der Waals surface area contributed by atoms with Crippen molar-refractivity contribution in [3.8, 4) is 63.1 Å². The van der Waals surface area contributed by atoms with Crippen LogP contribution in [-0.4, -0.2) is 37.6 Å². The third kappa shape index (κ3) is 18.0. The molecule has 0 saturated carbocycles. The maximum absolute atomic E-state index is 9.06. The minimum atomic E-state index is 0.0791. The zero-order chi connectivity index (χ0) is 51.7. The number of aromatic nitrogens is 1. The highest BCUT2D eigenvalue weighted by Gasteiger charge is 2.16. The number of nitrogens with zero attached hydrogens (tertiary/aromatic N) is 3. The average Bonchev–Trinajstić information content (AvgIpc) is 3.46. The lowest BCUT2D eigenvalue weighted by atomic mass is 10.0. The molecule has 380 valence electrons. The Morgan fingerprint density at radius 3 is 1.08 bits per heavy atom. The Labute approximate surface area is 455 Å². The smallest absolute Gasteiger partial charge is 0.244 e. The second-order valence-corrected chi connectivity index (χ2v) is 21.7. The van der Waals surface area contributed by atoms with E-state index in [1.54, 1.807) is 35.3 Å². The Morgan fingerprint density at radius 2 is 0.720 bits per heavy atom. The molecule has 0 amide bonds. The van der Waals surface area contributed by atoms with E-state index in [4.69, 9.17) is 34.2 Å². The van der Waals surface area contributed by atoms with Crippen molar-refractivity contribution < 1.29 is 28.3 Å². The Balaban J connectivity index is 0.743. The molecule has 0 fully saturated rings. The van der Waals surface area contributed by atoms with Crippen LogP contribution in [0.5, 0.6) is 28.7 Å². The Morgan fingerprint density at radius 1 is 0.387 bits per heavy atom. The van der Waals surface area contributed by atoms with Crippen molar-refractivity contribution in [1.29, 1.82) is 10.5 Å². The normalized spacial score (nSPS) is 10.9. The van der Waals surface area contributed by atoms with Crippen LogP contribution in [0.3, 0.4) is 0 Å². The highest BCUT2D eigenvalue weighted by atomic mass is 32.2. The lowest BCUT2D eigenvalue weighted by Gasteiger charge is -2.18. The zero-order valence-electron chi connectivity index (χ0n) is 42.4. The molecule has 8 rings (SSSR count). The highest BCUT2D eigenvalue weighted by molar-refractivity contribution is 8.17. The molecule has 75 heavy (non-hydrogen) atoms. The summed E-state index contributed by atoms with van der Waals surface area (Å²) in [6.45, 7) is 3.23. The maximum atomic E-state index is 9.06. The van der Waals surface area contributed by atoms with Crippen LogP contribution in [0.15, 0.2) is 214 Å². The molecule has 0 spiro atoms. The third-order valence-electron chi connectivity index (χ3n) is 12.2. The highest BCUT2D eigenvalue weighted by Crippen LogP contribution is 2.38. The summed E-state index contributed by atoms with van der Waals surface area (Å²) in [5.74, 6) is 4.33. The van der Waals surface area contributed by atoms with Gasteiger partial charge in [0.25, 0.3) is 0 Å². The van der Waals surface area contributed by atoms with Crippen LogP contribution in [0.2, 0.25) is 0 Å². The van der Waals surface area contributed by atoms with E-state index in [-0.39, 0.29) is 4.58 Å². The summed E-state index contributed by atoms with van der Waals surface area (Å²) in [7, 11) is 2.06. The minimum absolute atomic E-state index is 0.0791. The van der Waals surface area contributed by atoms with Crippen LogP contribution in [0.25, 0.3) is 22.3 Å². The number of nitriles is 2. The molecule has 0 aliphatic rings. The maximum Gasteiger partial charge on any atom is 0.244 e. The van der Waals surface area contributed by atoms with Gasteiger partial charge in [-0.25, -0.2) is 0 Å². The van der Waals surface area contributed by atoms with Gasteiger partial charge in [0, 0.05) is 26.8 Å². The minimum Gasteiger partial charge on any atom is -0.494 e. The fourth-order valence-electron chi connectivity index (χ4n) is 7.96. The Kier molecular flexibility index (Phi) is 21.3. The zero-order valence-corrected chi connectivity index (χ0v) is 44.8. The van der Waals surface area contributed by atoms with E-state index in [1.165, 1.54) is 5.03 Å². The van der Waals surface area contributed by atoms with Crippen molar-refractivity contribution >= 4 is 35.3 Å². The molecular weight excluding hydrogens is 987 g/mol. The first kappa shape index (κ1) is 54.0. The van der Waals surface area contributed by atoms with Gasteiger partial charge in [-0.3, -0.25) is 0 Å². The number of unbranched alkanes of at least 4 members (excludes halogenated alkanes) is 6. The molecule has 0 radical (unpaired) electrons. The first-order valence-electron chi connectivity index (χ1n) is 25.6. The largest absolute Gasteiger partial charge is 0.494 e. The van der Waals surface area contributed by atoms with Gasteiger partial charge in [-0.15, -0.1) is 23.5 Å². The monoisotopic (exact) mass is 1050 g/mol. The number of thioether (sulfide) groups is 2. The molecule has 0 aliphatic heterocycles. The van der Waals surface area contributed by atoms with E-state index in [2.05, 4.69) is 139 Å². The summed E-state index contributed by atoms with van der Waals surface area (Å²) < 4.78 is 32.9. The van der Waals surface area contributed by atoms with Crippen molar-refractivity contribution in [1.82, 2.24) is 0 Å². The number of hydrogen-bond donors (Lipinski definition) is 0. The molecule has 0 saturated heterocycles. The molecule has 0 unspecified atom stereocenters. The summed E-state index contributed by atoms with van der Waals surface area (Å²) in [6.07, 6.45) is 10.3. The first-order valence-corrected chi connectivity index (χ1v) is 28.2. The topological polar surface area (TPSA) is 97.6 Å². The molecule has 0 bridgehead atoms. The summed E-state index contributed by atoms with van der Waals surface area (Å²) >= 11 is 5.31. The predicted molar refractivity (Wildman–Crippen MR) is 304 cm³/mol. The molecule has 0 aliphatic carbocycles. The summed E-state index contributed by atoms with van der Waals surface area (Å²) in [6, 6.07) is 67.2. The van der Waals surface area contributed by atoms with E-state index in [9.17, 15) is 0 Å². The van der Waals surface area contributed by atoms with Gasteiger partial charge in [0.15, 0.2) is 6.20 Å². The van der Waals surface area contributed by atoms with Gasteiger partial charge in [0.2, 0.25) is 5.03 Å². The van der Waals surface area contributed by atoms with Gasteiger partial charge in [-0.1, -0.05) is 48.5 Å². The van der Waals surface area contributed by atoms with E-state index < -0.39 is 0 Å². The average molecular weight is 1050 g/mol. The van der Waals surface area contributed by atoms with Crippen LogP contribution in [0.4, 0.5) is 0 Å². The number of hydrogen-bond acceptors (Lipinski definition) is 10. The van der Waals surface area contributed by atoms with Gasteiger partial charge < -0.3 is 23.7 Å². The summed E-state index contributed by atoms with van der Waals surface area (Å²) in [4.78, 5) is 3.46. The fourth-order valence-corrected chi connectivity index (χ4v) is 11.2. The molecule has 1 heterocycles. The number of ether oxygens (including phenoxy) is 5. The quantitative estimate of drug-likeness (QED) is 0.0195. The standard InChI is InChI=1S/C64H62N3O5S3/c1-67-41-7-6-12-63(67)73-60-35-33-59(34-36-60)72-48-64(74-61-37-29-57(30-38-61)70-44-10-4-2-8-42-68-55-25-21-53(22-26-55)51-17-13-49(46-65)14-18-51)75-62-39-31-58(32-40-62)71-45-11-5-3-9-43-69-56-27-23-54(24-28-56)52-19-15-50(47-66)16-20-52/h6-7,12-41,64H,2-5,8-11,42-45,48H2,1H3/q+1. The predicted octanol–water partition coefficient (Wildman–Crippen LogP) is 16.1. The first-order chi connectivity index (χ1) is 37.0. The molecule has 1 aromatic heterocycles. The van der Waals surface area contributed by atoms with Gasteiger partial charge in [-0.05, 0) is 213 Å². The van der Waals surface area contributed by atoms with E-state index in [0.717, 1.165) is 117 Å². The lowest BCUT2D eigenvalue weighted by molar-refractivity contribution is -0.708. The third-order valence-corrected chi connectivity index (χ3v) is 15.8. The van der Waals surface area contributed by atoms with Gasteiger partial charge in [0.1, 0.15) is 42.4 Å². The number of rotatable bonds is 29.